The number of hydrogen-bond donors (Lipinski definition) is 1. The molecule has 0 fully saturated rings. The summed E-state index contributed by atoms with van der Waals surface area (Å²) in [5, 5.41) is 3.88. The van der Waals surface area contributed by atoms with Crippen molar-refractivity contribution in [2.45, 2.75) is 66.8 Å². The highest BCUT2D eigenvalue weighted by Crippen LogP contribution is 2.41. The van der Waals surface area contributed by atoms with Gasteiger partial charge < -0.3 is 5.32 Å². The van der Waals surface area contributed by atoms with Crippen molar-refractivity contribution in [3.63, 3.8) is 0 Å². The quantitative estimate of drug-likeness (QED) is 0.417. The predicted molar refractivity (Wildman–Crippen MR) is 140 cm³/mol. The number of rotatable bonds is 6. The van der Waals surface area contributed by atoms with Gasteiger partial charge in [0.05, 0.1) is 6.04 Å². The van der Waals surface area contributed by atoms with E-state index in [0.717, 1.165) is 12.8 Å². The van der Waals surface area contributed by atoms with Crippen molar-refractivity contribution < 1.29 is 0 Å². The lowest BCUT2D eigenvalue weighted by atomic mass is 9.84. The summed E-state index contributed by atoms with van der Waals surface area (Å²) in [7, 11) is 0. The first-order valence-corrected chi connectivity index (χ1v) is 12.1. The molecule has 166 valence electrons. The van der Waals surface area contributed by atoms with Gasteiger partial charge in [-0.25, -0.2) is 0 Å². The van der Waals surface area contributed by atoms with Gasteiger partial charge in [-0.3, -0.25) is 0 Å². The van der Waals surface area contributed by atoms with Crippen LogP contribution in [-0.4, -0.2) is 0 Å². The zero-order chi connectivity index (χ0) is 22.8. The molecule has 0 saturated heterocycles. The molecule has 1 aliphatic heterocycles. The van der Waals surface area contributed by atoms with Crippen LogP contribution in [0.4, 0.5) is 5.69 Å². The summed E-state index contributed by atoms with van der Waals surface area (Å²) in [6.07, 6.45) is 5.89. The van der Waals surface area contributed by atoms with Gasteiger partial charge in [-0.1, -0.05) is 86.9 Å². The van der Waals surface area contributed by atoms with E-state index in [2.05, 4.69) is 108 Å². The van der Waals surface area contributed by atoms with Gasteiger partial charge in [0.1, 0.15) is 0 Å². The van der Waals surface area contributed by atoms with E-state index in [0.29, 0.717) is 5.92 Å². The maximum absolute atomic E-state index is 3.88. The van der Waals surface area contributed by atoms with Crippen molar-refractivity contribution in [3.8, 4) is 11.1 Å². The second-order valence-electron chi connectivity index (χ2n) is 9.94. The van der Waals surface area contributed by atoms with Crippen LogP contribution in [-0.2, 0) is 6.42 Å². The van der Waals surface area contributed by atoms with E-state index >= 15 is 0 Å². The fourth-order valence-electron chi connectivity index (χ4n) is 5.05. The minimum atomic E-state index is 0.224. The number of hydrogen-bond acceptors (Lipinski definition) is 1. The molecule has 4 rings (SSSR count). The summed E-state index contributed by atoms with van der Waals surface area (Å²) in [5.41, 5.74) is 13.7. The number of aryl methyl sites for hydroxylation is 3. The molecule has 1 atom stereocenters. The van der Waals surface area contributed by atoms with Crippen molar-refractivity contribution in [1.29, 1.82) is 0 Å². The average Bonchev–Trinajstić information content (AvgIpc) is 2.75. The van der Waals surface area contributed by atoms with Crippen molar-refractivity contribution in [1.82, 2.24) is 0 Å². The zero-order valence-electron chi connectivity index (χ0n) is 20.5. The Balaban J connectivity index is 1.79. The summed E-state index contributed by atoms with van der Waals surface area (Å²) >= 11 is 0. The smallest absolute Gasteiger partial charge is 0.0706 e. The molecular weight excluding hydrogens is 386 g/mol. The maximum Gasteiger partial charge on any atom is 0.0706 e. The Morgan fingerprint density at radius 3 is 2.25 bits per heavy atom. The summed E-state index contributed by atoms with van der Waals surface area (Å²) in [6, 6.07) is 20.7. The first-order chi connectivity index (χ1) is 15.4. The minimum Gasteiger partial charge on any atom is -0.374 e. The lowest BCUT2D eigenvalue weighted by molar-refractivity contribution is 0.670. The van der Waals surface area contributed by atoms with Gasteiger partial charge in [-0.2, -0.15) is 0 Å². The van der Waals surface area contributed by atoms with Crippen LogP contribution < -0.4 is 5.32 Å². The van der Waals surface area contributed by atoms with Crippen LogP contribution in [0.3, 0.4) is 0 Å². The van der Waals surface area contributed by atoms with Crippen LogP contribution in [0, 0.1) is 26.7 Å². The first kappa shape index (κ1) is 22.4. The highest BCUT2D eigenvalue weighted by molar-refractivity contribution is 5.84. The van der Waals surface area contributed by atoms with Gasteiger partial charge in [0.25, 0.3) is 0 Å². The van der Waals surface area contributed by atoms with Crippen molar-refractivity contribution in [2.75, 3.05) is 5.32 Å². The Labute approximate surface area is 194 Å². The zero-order valence-corrected chi connectivity index (χ0v) is 20.5. The van der Waals surface area contributed by atoms with Crippen molar-refractivity contribution >= 4 is 11.3 Å². The number of fused-ring (bicyclic) bond motifs is 1. The molecule has 1 heteroatoms. The standard InChI is InChI=1S/C31H37N/c1-7-8-27-23(6)16-22(5)17-29(27)31-19-26(15-20(2)3)28-18-25(13-14-30(28)32-31)24-11-9-21(4)10-12-24/h9-14,16-20,31-32H,7-8,15H2,1-6H3. The topological polar surface area (TPSA) is 12.0 Å². The Morgan fingerprint density at radius 1 is 0.844 bits per heavy atom. The molecule has 3 aromatic rings. The maximum atomic E-state index is 3.88. The molecule has 0 amide bonds. The fraction of sp³-hybridized carbons (Fsp3) is 0.355. The lowest BCUT2D eigenvalue weighted by Gasteiger charge is -2.30. The van der Waals surface area contributed by atoms with Crippen LogP contribution in [0.1, 0.15) is 73.0 Å². The van der Waals surface area contributed by atoms with E-state index in [1.165, 1.54) is 62.2 Å². The molecule has 0 aromatic heterocycles. The SMILES string of the molecule is CCCc1c(C)cc(C)cc1C1C=C(CC(C)C)c2cc(-c3ccc(C)cc3)ccc2N1. The highest BCUT2D eigenvalue weighted by atomic mass is 14.9. The van der Waals surface area contributed by atoms with E-state index in [1.807, 2.05) is 0 Å². The van der Waals surface area contributed by atoms with Crippen LogP contribution in [0.2, 0.25) is 0 Å². The van der Waals surface area contributed by atoms with E-state index in [4.69, 9.17) is 0 Å². The third kappa shape index (κ3) is 4.67. The third-order valence-corrected chi connectivity index (χ3v) is 6.54. The number of allylic oxidation sites excluding steroid dienone is 1. The fourth-order valence-corrected chi connectivity index (χ4v) is 5.05. The Kier molecular flexibility index (Phi) is 6.55. The average molecular weight is 424 g/mol. The number of nitrogens with one attached hydrogen (secondary N) is 1. The minimum absolute atomic E-state index is 0.224. The van der Waals surface area contributed by atoms with Crippen molar-refractivity contribution in [3.05, 3.63) is 94.1 Å². The number of anilines is 1. The van der Waals surface area contributed by atoms with Gasteiger partial charge in [-0.05, 0) is 85.1 Å². The van der Waals surface area contributed by atoms with Crippen LogP contribution in [0.25, 0.3) is 16.7 Å². The molecule has 0 aliphatic carbocycles. The summed E-state index contributed by atoms with van der Waals surface area (Å²) in [6.45, 7) is 13.5. The molecule has 1 unspecified atom stereocenters. The third-order valence-electron chi connectivity index (χ3n) is 6.54. The Morgan fingerprint density at radius 2 is 1.56 bits per heavy atom. The lowest BCUT2D eigenvalue weighted by Crippen LogP contribution is -2.17. The Bertz CT molecular complexity index is 1130. The van der Waals surface area contributed by atoms with E-state index in [-0.39, 0.29) is 6.04 Å². The van der Waals surface area contributed by atoms with Crippen molar-refractivity contribution in [2.24, 2.45) is 5.92 Å². The second kappa shape index (κ2) is 9.36. The van der Waals surface area contributed by atoms with E-state index in [1.54, 1.807) is 0 Å². The van der Waals surface area contributed by atoms with Gasteiger partial charge in [0.15, 0.2) is 0 Å². The highest BCUT2D eigenvalue weighted by Gasteiger charge is 2.23. The molecule has 1 nitrogen and oxygen atoms in total. The molecular formula is C31H37N. The Hall–Kier alpha value is -2.80. The molecule has 0 spiro atoms. The van der Waals surface area contributed by atoms with Gasteiger partial charge in [0.2, 0.25) is 0 Å². The van der Waals surface area contributed by atoms with Gasteiger partial charge in [-0.15, -0.1) is 0 Å². The van der Waals surface area contributed by atoms with Crippen LogP contribution in [0.15, 0.2) is 60.7 Å². The molecule has 3 aromatic carbocycles. The number of benzene rings is 3. The van der Waals surface area contributed by atoms with Gasteiger partial charge in [0, 0.05) is 11.3 Å². The second-order valence-corrected chi connectivity index (χ2v) is 9.94. The summed E-state index contributed by atoms with van der Waals surface area (Å²) < 4.78 is 0. The summed E-state index contributed by atoms with van der Waals surface area (Å²) in [4.78, 5) is 0. The molecule has 0 bridgehead atoms. The molecule has 0 saturated carbocycles. The molecule has 32 heavy (non-hydrogen) atoms. The first-order valence-electron chi connectivity index (χ1n) is 12.1. The summed E-state index contributed by atoms with van der Waals surface area (Å²) in [5.74, 6) is 0.616. The van der Waals surface area contributed by atoms with Gasteiger partial charge >= 0.3 is 0 Å². The molecule has 0 radical (unpaired) electrons. The largest absolute Gasteiger partial charge is 0.374 e. The normalized spacial score (nSPS) is 15.3. The van der Waals surface area contributed by atoms with E-state index in [9.17, 15) is 0 Å². The molecule has 1 heterocycles. The predicted octanol–water partition coefficient (Wildman–Crippen LogP) is 8.83. The molecule has 1 aliphatic rings. The molecule has 1 N–H and O–H groups in total. The monoisotopic (exact) mass is 423 g/mol. The van der Waals surface area contributed by atoms with Crippen LogP contribution in [0.5, 0.6) is 0 Å². The van der Waals surface area contributed by atoms with E-state index < -0.39 is 0 Å². The van der Waals surface area contributed by atoms with Crippen LogP contribution >= 0.6 is 0 Å².